The van der Waals surface area contributed by atoms with Crippen molar-refractivity contribution in [3.05, 3.63) is 36.3 Å². The monoisotopic (exact) mass is 273 g/mol. The van der Waals surface area contributed by atoms with E-state index >= 15 is 0 Å². The second-order valence-corrected chi connectivity index (χ2v) is 4.16. The Kier molecular flexibility index (Phi) is 5.03. The number of hydrogen-bond acceptors (Lipinski definition) is 4. The largest absolute Gasteiger partial charge is 0.397 e. The Morgan fingerprint density at radius 3 is 2.75 bits per heavy atom. The Labute approximate surface area is 117 Å². The molecule has 0 saturated carbocycles. The summed E-state index contributed by atoms with van der Waals surface area (Å²) in [4.78, 5) is 12.1. The van der Waals surface area contributed by atoms with Crippen LogP contribution in [0.2, 0.25) is 0 Å². The molecule has 0 aliphatic heterocycles. The average Bonchev–Trinajstić information content (AvgIpc) is 2.95. The highest BCUT2D eigenvalue weighted by atomic mass is 16.5. The minimum atomic E-state index is 0.250. The van der Waals surface area contributed by atoms with Gasteiger partial charge in [0.15, 0.2) is 0 Å². The van der Waals surface area contributed by atoms with E-state index in [9.17, 15) is 0 Å². The molecular weight excluding hydrogens is 254 g/mol. The van der Waals surface area contributed by atoms with Crippen LogP contribution in [0, 0.1) is 0 Å². The Morgan fingerprint density at radius 1 is 1.25 bits per heavy atom. The van der Waals surface area contributed by atoms with Gasteiger partial charge < -0.3 is 14.8 Å². The number of aromatic amines is 1. The number of fused-ring (bicyclic) bond motifs is 3. The summed E-state index contributed by atoms with van der Waals surface area (Å²) in [6, 6.07) is 8.05. The summed E-state index contributed by atoms with van der Waals surface area (Å²) in [5.74, 6) is 0. The number of ether oxygens (including phenoxy) is 1. The second kappa shape index (κ2) is 6.98. The zero-order valence-electron chi connectivity index (χ0n) is 11.8. The average molecular weight is 273 g/mol. The molecule has 0 bridgehead atoms. The number of hydrogen-bond donors (Lipinski definition) is 2. The molecule has 2 heterocycles. The van der Waals surface area contributed by atoms with Crippen LogP contribution in [0.25, 0.3) is 21.9 Å². The number of H-pyrrole nitrogens is 1. The predicted octanol–water partition coefficient (Wildman–Crippen LogP) is 2.65. The number of aromatic nitrogens is 3. The van der Waals surface area contributed by atoms with Crippen LogP contribution < -0.4 is 0 Å². The van der Waals surface area contributed by atoms with Gasteiger partial charge in [-0.2, -0.15) is 0 Å². The van der Waals surface area contributed by atoms with Gasteiger partial charge in [0.25, 0.3) is 0 Å². The first-order valence-electron chi connectivity index (χ1n) is 6.71. The van der Waals surface area contributed by atoms with E-state index in [1.807, 2.05) is 31.2 Å². The second-order valence-electron chi connectivity index (χ2n) is 4.16. The third-order valence-corrected chi connectivity index (χ3v) is 2.78. The first kappa shape index (κ1) is 14.4. The van der Waals surface area contributed by atoms with Crippen LogP contribution in [0.5, 0.6) is 0 Å². The Morgan fingerprint density at radius 2 is 2.00 bits per heavy atom. The van der Waals surface area contributed by atoms with Crippen molar-refractivity contribution in [1.82, 2.24) is 15.0 Å². The van der Waals surface area contributed by atoms with E-state index in [0.29, 0.717) is 13.2 Å². The van der Waals surface area contributed by atoms with Gasteiger partial charge in [0.05, 0.1) is 29.7 Å². The maximum absolute atomic E-state index is 7.57. The minimum absolute atomic E-state index is 0.250. The molecule has 0 saturated heterocycles. The normalized spacial score (nSPS) is 10.6. The van der Waals surface area contributed by atoms with E-state index in [1.165, 1.54) is 0 Å². The van der Waals surface area contributed by atoms with Gasteiger partial charge in [-0.25, -0.2) is 9.97 Å². The number of pyridine rings is 1. The van der Waals surface area contributed by atoms with Crippen LogP contribution in [0.4, 0.5) is 0 Å². The summed E-state index contributed by atoms with van der Waals surface area (Å²) in [5, 5.41) is 8.67. The van der Waals surface area contributed by atoms with Crippen LogP contribution in [0.1, 0.15) is 19.5 Å². The van der Waals surface area contributed by atoms with E-state index in [2.05, 4.69) is 15.0 Å². The third-order valence-electron chi connectivity index (χ3n) is 2.78. The number of aliphatic hydroxyl groups excluding tert-OH is 1. The summed E-state index contributed by atoms with van der Waals surface area (Å²) < 4.78 is 5.43. The lowest BCUT2D eigenvalue weighted by Gasteiger charge is -2.05. The molecule has 0 aliphatic carbocycles. The molecule has 0 amide bonds. The number of aliphatic hydroxyl groups is 1. The van der Waals surface area contributed by atoms with Gasteiger partial charge >= 0.3 is 0 Å². The van der Waals surface area contributed by atoms with E-state index in [4.69, 9.17) is 9.84 Å². The molecular formula is C15H19N3O2. The summed E-state index contributed by atoms with van der Waals surface area (Å²) in [5.41, 5.74) is 3.79. The van der Waals surface area contributed by atoms with Gasteiger partial charge in [-0.3, -0.25) is 0 Å². The first-order chi connectivity index (χ1) is 9.81. The van der Waals surface area contributed by atoms with E-state index in [0.717, 1.165) is 27.6 Å². The molecule has 106 valence electrons. The van der Waals surface area contributed by atoms with Crippen molar-refractivity contribution in [2.75, 3.05) is 13.2 Å². The highest BCUT2D eigenvalue weighted by Gasteiger charge is 2.09. The zero-order valence-corrected chi connectivity index (χ0v) is 11.8. The topological polar surface area (TPSA) is 71.0 Å². The lowest BCUT2D eigenvalue weighted by atomic mass is 10.1. The van der Waals surface area contributed by atoms with Crippen LogP contribution in [0.3, 0.4) is 0 Å². The summed E-state index contributed by atoms with van der Waals surface area (Å²) in [6.07, 6.45) is 1.70. The van der Waals surface area contributed by atoms with Gasteiger partial charge in [0.2, 0.25) is 0 Å². The van der Waals surface area contributed by atoms with Gasteiger partial charge in [0.1, 0.15) is 5.52 Å². The van der Waals surface area contributed by atoms with Crippen molar-refractivity contribution in [2.45, 2.75) is 20.5 Å². The molecule has 0 fully saturated rings. The Bertz CT molecular complexity index is 679. The van der Waals surface area contributed by atoms with Crippen LogP contribution in [0.15, 0.2) is 30.6 Å². The maximum atomic E-state index is 7.57. The predicted molar refractivity (Wildman–Crippen MR) is 79.5 cm³/mol. The number of para-hydroxylation sites is 1. The van der Waals surface area contributed by atoms with Crippen molar-refractivity contribution in [2.24, 2.45) is 0 Å². The fourth-order valence-electron chi connectivity index (χ4n) is 2.00. The fraction of sp³-hybridized carbons (Fsp3) is 0.333. The van der Waals surface area contributed by atoms with Crippen LogP contribution in [-0.4, -0.2) is 33.3 Å². The molecule has 0 aliphatic rings. The van der Waals surface area contributed by atoms with Gasteiger partial charge in [-0.15, -0.1) is 0 Å². The van der Waals surface area contributed by atoms with E-state index in [1.54, 1.807) is 13.3 Å². The van der Waals surface area contributed by atoms with Crippen molar-refractivity contribution < 1.29 is 9.84 Å². The maximum Gasteiger partial charge on any atom is 0.113 e. The highest BCUT2D eigenvalue weighted by Crippen LogP contribution is 2.23. The first-order valence-corrected chi connectivity index (χ1v) is 6.71. The summed E-state index contributed by atoms with van der Waals surface area (Å²) in [7, 11) is 0. The number of nitrogens with zero attached hydrogens (tertiary/aromatic N) is 2. The van der Waals surface area contributed by atoms with Gasteiger partial charge in [-0.1, -0.05) is 18.2 Å². The van der Waals surface area contributed by atoms with E-state index < -0.39 is 0 Å². The van der Waals surface area contributed by atoms with Crippen LogP contribution in [-0.2, 0) is 11.3 Å². The number of imidazole rings is 1. The number of nitrogens with one attached hydrogen (secondary N) is 1. The summed E-state index contributed by atoms with van der Waals surface area (Å²) >= 11 is 0. The molecule has 5 heteroatoms. The summed E-state index contributed by atoms with van der Waals surface area (Å²) in [6.45, 7) is 5.09. The number of rotatable bonds is 3. The van der Waals surface area contributed by atoms with Gasteiger partial charge in [-0.05, 0) is 19.9 Å². The lowest BCUT2D eigenvalue weighted by Crippen LogP contribution is -1.97. The van der Waals surface area contributed by atoms with E-state index in [-0.39, 0.29) is 6.61 Å². The molecule has 0 unspecified atom stereocenters. The smallest absolute Gasteiger partial charge is 0.113 e. The highest BCUT2D eigenvalue weighted by molar-refractivity contribution is 6.02. The fourth-order valence-corrected chi connectivity index (χ4v) is 2.00. The van der Waals surface area contributed by atoms with Crippen molar-refractivity contribution in [1.29, 1.82) is 0 Å². The van der Waals surface area contributed by atoms with Gasteiger partial charge in [0, 0.05) is 18.6 Å². The standard InChI is InChI=1S/C13H13N3O.C2H6O/c1-2-17-7-11-13-12(14-8-15-13)9-5-3-4-6-10(9)16-11;1-2-3/h3-6,8H,2,7H2,1H3,(H,14,15);3H,2H2,1H3. The molecule has 3 aromatic rings. The molecule has 20 heavy (non-hydrogen) atoms. The Balaban J connectivity index is 0.000000452. The minimum Gasteiger partial charge on any atom is -0.397 e. The molecule has 2 N–H and O–H groups in total. The van der Waals surface area contributed by atoms with Crippen molar-refractivity contribution in [3.8, 4) is 0 Å². The molecule has 2 aromatic heterocycles. The number of benzene rings is 1. The Hall–Kier alpha value is -1.98. The molecule has 1 aromatic carbocycles. The third kappa shape index (κ3) is 2.95. The molecule has 5 nitrogen and oxygen atoms in total. The lowest BCUT2D eigenvalue weighted by molar-refractivity contribution is 0.132. The quantitative estimate of drug-likeness (QED) is 0.769. The van der Waals surface area contributed by atoms with Crippen LogP contribution >= 0.6 is 0 Å². The van der Waals surface area contributed by atoms with Crippen molar-refractivity contribution >= 4 is 21.9 Å². The zero-order chi connectivity index (χ0) is 14.4. The SMILES string of the molecule is CCO.CCOCc1nc2ccccc2c2[nH]cnc12. The molecule has 3 rings (SSSR count). The molecule has 0 spiro atoms. The van der Waals surface area contributed by atoms with Crippen molar-refractivity contribution in [3.63, 3.8) is 0 Å². The molecule has 0 atom stereocenters. The molecule has 0 radical (unpaired) electrons.